The van der Waals surface area contributed by atoms with Crippen LogP contribution >= 0.6 is 0 Å². The van der Waals surface area contributed by atoms with Crippen LogP contribution in [0.25, 0.3) is 0 Å². The van der Waals surface area contributed by atoms with Crippen molar-refractivity contribution in [3.63, 3.8) is 0 Å². The molecule has 0 saturated heterocycles. The van der Waals surface area contributed by atoms with Gasteiger partial charge >= 0.3 is 0 Å². The molecule has 2 aromatic heterocycles. The molecule has 0 atom stereocenters. The number of ether oxygens (including phenoxy) is 1. The van der Waals surface area contributed by atoms with Crippen molar-refractivity contribution in [3.05, 3.63) is 84.1 Å². The number of amides is 1. The van der Waals surface area contributed by atoms with Gasteiger partial charge in [0.25, 0.3) is 5.91 Å². The number of hydrogen-bond donors (Lipinski definition) is 0. The molecule has 0 saturated carbocycles. The van der Waals surface area contributed by atoms with Crippen LogP contribution in [0.5, 0.6) is 5.75 Å². The van der Waals surface area contributed by atoms with Crippen molar-refractivity contribution in [1.29, 1.82) is 0 Å². The topological polar surface area (TPSA) is 55.6 Å². The van der Waals surface area contributed by atoms with Crippen molar-refractivity contribution >= 4 is 5.91 Å². The van der Waals surface area contributed by atoms with Gasteiger partial charge in [-0.05, 0) is 35.9 Å². The van der Waals surface area contributed by atoms with Gasteiger partial charge in [-0.15, -0.1) is 0 Å². The fourth-order valence-electron chi connectivity index (χ4n) is 2.36. The van der Waals surface area contributed by atoms with Gasteiger partial charge in [0.05, 0.1) is 12.8 Å². The number of carbonyl (C=O) groups excluding carboxylic acids is 1. The summed E-state index contributed by atoms with van der Waals surface area (Å²) in [5, 5.41) is 0. The summed E-state index contributed by atoms with van der Waals surface area (Å²) in [5.74, 6) is -1.51. The van der Waals surface area contributed by atoms with E-state index < -0.39 is 11.6 Å². The lowest BCUT2D eigenvalue weighted by Gasteiger charge is -2.22. The molecule has 1 aromatic carbocycles. The SMILES string of the molecule is O=C(COc1ccc(F)cc1F)N(Cc1cccnc1)Cc1ccco1. The molecule has 0 spiro atoms. The Balaban J connectivity index is 1.69. The normalized spacial score (nSPS) is 10.5. The van der Waals surface area contributed by atoms with Crippen molar-refractivity contribution in [2.75, 3.05) is 6.61 Å². The molecule has 0 bridgehead atoms. The first-order valence-electron chi connectivity index (χ1n) is 7.89. The third-order valence-electron chi connectivity index (χ3n) is 3.62. The van der Waals surface area contributed by atoms with Gasteiger partial charge in [0.15, 0.2) is 18.2 Å². The van der Waals surface area contributed by atoms with Crippen LogP contribution in [0, 0.1) is 11.6 Å². The van der Waals surface area contributed by atoms with Gasteiger partial charge in [-0.25, -0.2) is 8.78 Å². The van der Waals surface area contributed by atoms with Crippen LogP contribution in [0.3, 0.4) is 0 Å². The van der Waals surface area contributed by atoms with Crippen molar-refractivity contribution in [3.8, 4) is 5.75 Å². The highest BCUT2D eigenvalue weighted by molar-refractivity contribution is 5.77. The Bertz CT molecular complexity index is 854. The number of aromatic nitrogens is 1. The molecule has 0 N–H and O–H groups in total. The lowest BCUT2D eigenvalue weighted by atomic mass is 10.2. The second-order valence-corrected chi connectivity index (χ2v) is 5.55. The minimum atomic E-state index is -0.859. The second-order valence-electron chi connectivity index (χ2n) is 5.55. The van der Waals surface area contributed by atoms with Crippen LogP contribution in [-0.2, 0) is 17.9 Å². The summed E-state index contributed by atoms with van der Waals surface area (Å²) >= 11 is 0. The molecule has 0 aliphatic carbocycles. The Morgan fingerprint density at radius 1 is 1.15 bits per heavy atom. The van der Waals surface area contributed by atoms with Crippen molar-refractivity contribution in [1.82, 2.24) is 9.88 Å². The van der Waals surface area contributed by atoms with E-state index in [9.17, 15) is 13.6 Å². The number of halogens is 2. The molecule has 1 amide bonds. The number of pyridine rings is 1. The molecule has 2 heterocycles. The fraction of sp³-hybridized carbons (Fsp3) is 0.158. The molecule has 7 heteroatoms. The average Bonchev–Trinajstić information content (AvgIpc) is 3.14. The predicted molar refractivity (Wildman–Crippen MR) is 89.1 cm³/mol. The second kappa shape index (κ2) is 8.24. The molecule has 0 aliphatic rings. The van der Waals surface area contributed by atoms with Crippen LogP contribution in [0.2, 0.25) is 0 Å². The van der Waals surface area contributed by atoms with E-state index in [1.54, 1.807) is 30.6 Å². The predicted octanol–water partition coefficient (Wildman–Crippen LogP) is 3.56. The number of rotatable bonds is 7. The van der Waals surface area contributed by atoms with E-state index in [1.807, 2.05) is 6.07 Å². The molecule has 3 aromatic rings. The van der Waals surface area contributed by atoms with E-state index in [-0.39, 0.29) is 24.8 Å². The summed E-state index contributed by atoms with van der Waals surface area (Å²) < 4.78 is 37.1. The van der Waals surface area contributed by atoms with Crippen LogP contribution in [0.4, 0.5) is 8.78 Å². The monoisotopic (exact) mass is 358 g/mol. The van der Waals surface area contributed by atoms with Gasteiger partial charge in [-0.2, -0.15) is 0 Å². The zero-order valence-corrected chi connectivity index (χ0v) is 13.8. The molecule has 0 aliphatic heterocycles. The maximum absolute atomic E-state index is 13.6. The van der Waals surface area contributed by atoms with Crippen molar-refractivity contribution < 1.29 is 22.7 Å². The van der Waals surface area contributed by atoms with E-state index in [1.165, 1.54) is 11.2 Å². The molecule has 0 radical (unpaired) electrons. The van der Waals surface area contributed by atoms with Gasteiger partial charge in [-0.1, -0.05) is 6.07 Å². The van der Waals surface area contributed by atoms with Gasteiger partial charge in [0.2, 0.25) is 0 Å². The van der Waals surface area contributed by atoms with E-state index in [0.29, 0.717) is 18.4 Å². The van der Waals surface area contributed by atoms with Gasteiger partial charge in [0, 0.05) is 25.0 Å². The Kier molecular flexibility index (Phi) is 5.58. The summed E-state index contributed by atoms with van der Waals surface area (Å²) in [6, 6.07) is 10.0. The molecule has 3 rings (SSSR count). The van der Waals surface area contributed by atoms with Gasteiger partial charge in [-0.3, -0.25) is 9.78 Å². The standard InChI is InChI=1S/C19H16F2N2O3/c20-15-5-6-18(17(21)9-15)26-13-19(24)23(12-16-4-2-8-25-16)11-14-3-1-7-22-10-14/h1-10H,11-13H2. The zero-order valence-electron chi connectivity index (χ0n) is 13.8. The lowest BCUT2D eigenvalue weighted by molar-refractivity contribution is -0.135. The third-order valence-corrected chi connectivity index (χ3v) is 3.62. The van der Waals surface area contributed by atoms with Gasteiger partial charge < -0.3 is 14.1 Å². The highest BCUT2D eigenvalue weighted by Crippen LogP contribution is 2.18. The minimum Gasteiger partial charge on any atom is -0.481 e. The Labute approximate surface area is 148 Å². The molecule has 26 heavy (non-hydrogen) atoms. The van der Waals surface area contributed by atoms with Crippen molar-refractivity contribution in [2.24, 2.45) is 0 Å². The quantitative estimate of drug-likeness (QED) is 0.648. The molecule has 134 valence electrons. The fourth-order valence-corrected chi connectivity index (χ4v) is 2.36. The highest BCUT2D eigenvalue weighted by atomic mass is 19.1. The van der Waals surface area contributed by atoms with Crippen LogP contribution in [-0.4, -0.2) is 22.4 Å². The Morgan fingerprint density at radius 3 is 2.73 bits per heavy atom. The number of benzene rings is 1. The summed E-state index contributed by atoms with van der Waals surface area (Å²) in [6.45, 7) is 0.141. The Hall–Kier alpha value is -3.22. The highest BCUT2D eigenvalue weighted by Gasteiger charge is 2.18. The molecule has 5 nitrogen and oxygen atoms in total. The Morgan fingerprint density at radius 2 is 2.04 bits per heavy atom. The molecule has 0 fully saturated rings. The minimum absolute atomic E-state index is 0.181. The lowest BCUT2D eigenvalue weighted by Crippen LogP contribution is -2.34. The first-order chi connectivity index (χ1) is 12.6. The maximum atomic E-state index is 13.6. The number of carbonyl (C=O) groups is 1. The van der Waals surface area contributed by atoms with Gasteiger partial charge in [0.1, 0.15) is 11.6 Å². The molecular formula is C19H16F2N2O3. The number of furan rings is 1. The van der Waals surface area contributed by atoms with E-state index >= 15 is 0 Å². The summed E-state index contributed by atoms with van der Waals surface area (Å²) in [6.07, 6.45) is 4.82. The van der Waals surface area contributed by atoms with E-state index in [2.05, 4.69) is 4.98 Å². The number of hydrogen-bond acceptors (Lipinski definition) is 4. The maximum Gasteiger partial charge on any atom is 0.261 e. The third kappa shape index (κ3) is 4.66. The summed E-state index contributed by atoms with van der Waals surface area (Å²) in [7, 11) is 0. The van der Waals surface area contributed by atoms with Crippen LogP contribution in [0.15, 0.2) is 65.5 Å². The largest absolute Gasteiger partial charge is 0.481 e. The van der Waals surface area contributed by atoms with Crippen molar-refractivity contribution in [2.45, 2.75) is 13.1 Å². The van der Waals surface area contributed by atoms with E-state index in [0.717, 1.165) is 17.7 Å². The zero-order chi connectivity index (χ0) is 18.4. The summed E-state index contributed by atoms with van der Waals surface area (Å²) in [4.78, 5) is 18.1. The molecule has 0 unspecified atom stereocenters. The van der Waals surface area contributed by atoms with Crippen LogP contribution < -0.4 is 4.74 Å². The molecular weight excluding hydrogens is 342 g/mol. The first kappa shape index (κ1) is 17.6. The summed E-state index contributed by atoms with van der Waals surface area (Å²) in [5.41, 5.74) is 0.834. The number of nitrogens with zero attached hydrogens (tertiary/aromatic N) is 2. The smallest absolute Gasteiger partial charge is 0.261 e. The van der Waals surface area contributed by atoms with E-state index in [4.69, 9.17) is 9.15 Å². The first-order valence-corrected chi connectivity index (χ1v) is 7.89. The average molecular weight is 358 g/mol. The van der Waals surface area contributed by atoms with Crippen LogP contribution in [0.1, 0.15) is 11.3 Å².